The second-order valence-corrected chi connectivity index (χ2v) is 2.34. The Hall–Kier alpha value is -1.71. The average molecular weight is 180 g/mol. The SMILES string of the molecule is C/C=N\NC(=O)c1ccc(F)cc1. The number of hydrogen-bond acceptors (Lipinski definition) is 2. The van der Waals surface area contributed by atoms with E-state index < -0.39 is 0 Å². The van der Waals surface area contributed by atoms with Crippen LogP contribution in [-0.4, -0.2) is 12.1 Å². The molecule has 1 aromatic rings. The highest BCUT2D eigenvalue weighted by Crippen LogP contribution is 2.01. The van der Waals surface area contributed by atoms with Crippen molar-refractivity contribution in [1.82, 2.24) is 5.43 Å². The fourth-order valence-electron chi connectivity index (χ4n) is 0.789. The van der Waals surface area contributed by atoms with Crippen molar-refractivity contribution >= 4 is 12.1 Å². The molecule has 0 aliphatic rings. The van der Waals surface area contributed by atoms with E-state index >= 15 is 0 Å². The fourth-order valence-corrected chi connectivity index (χ4v) is 0.789. The molecule has 0 aromatic heterocycles. The van der Waals surface area contributed by atoms with Crippen LogP contribution in [0.5, 0.6) is 0 Å². The first-order chi connectivity index (χ1) is 6.24. The van der Waals surface area contributed by atoms with Crippen LogP contribution in [0.1, 0.15) is 17.3 Å². The number of hydrogen-bond donors (Lipinski definition) is 1. The van der Waals surface area contributed by atoms with Gasteiger partial charge < -0.3 is 0 Å². The summed E-state index contributed by atoms with van der Waals surface area (Å²) in [5.74, 6) is -0.714. The Kier molecular flexibility index (Phi) is 3.14. The molecule has 1 rings (SSSR count). The number of carbonyl (C=O) groups excluding carboxylic acids is 1. The lowest BCUT2D eigenvalue weighted by Crippen LogP contribution is -2.17. The van der Waals surface area contributed by atoms with Crippen LogP contribution in [0.2, 0.25) is 0 Å². The van der Waals surface area contributed by atoms with Gasteiger partial charge in [0.15, 0.2) is 0 Å². The van der Waals surface area contributed by atoms with E-state index in [-0.39, 0.29) is 11.7 Å². The number of halogens is 1. The zero-order valence-corrected chi connectivity index (χ0v) is 7.12. The molecule has 0 aliphatic carbocycles. The van der Waals surface area contributed by atoms with E-state index in [1.54, 1.807) is 6.92 Å². The smallest absolute Gasteiger partial charge is 0.267 e. The highest BCUT2D eigenvalue weighted by atomic mass is 19.1. The third kappa shape index (κ3) is 2.66. The van der Waals surface area contributed by atoms with E-state index in [1.807, 2.05) is 0 Å². The van der Waals surface area contributed by atoms with Crippen molar-refractivity contribution in [3.05, 3.63) is 35.6 Å². The van der Waals surface area contributed by atoms with Gasteiger partial charge in [0.2, 0.25) is 0 Å². The lowest BCUT2D eigenvalue weighted by molar-refractivity contribution is 0.0955. The summed E-state index contributed by atoms with van der Waals surface area (Å²) in [5, 5.41) is 3.55. The predicted octanol–water partition coefficient (Wildman–Crippen LogP) is 1.56. The summed E-state index contributed by atoms with van der Waals surface area (Å²) in [4.78, 5) is 11.2. The Bertz CT molecular complexity index is 319. The number of rotatable bonds is 2. The predicted molar refractivity (Wildman–Crippen MR) is 48.0 cm³/mol. The Morgan fingerprint density at radius 3 is 2.62 bits per heavy atom. The monoisotopic (exact) mass is 180 g/mol. The zero-order valence-electron chi connectivity index (χ0n) is 7.12. The molecule has 13 heavy (non-hydrogen) atoms. The van der Waals surface area contributed by atoms with Gasteiger partial charge in [0.25, 0.3) is 5.91 Å². The minimum atomic E-state index is -0.365. The van der Waals surface area contributed by atoms with Gasteiger partial charge in [-0.15, -0.1) is 0 Å². The molecule has 1 N–H and O–H groups in total. The quantitative estimate of drug-likeness (QED) is 0.544. The Morgan fingerprint density at radius 1 is 1.46 bits per heavy atom. The lowest BCUT2D eigenvalue weighted by atomic mass is 10.2. The third-order valence-electron chi connectivity index (χ3n) is 1.40. The van der Waals surface area contributed by atoms with Crippen molar-refractivity contribution in [3.63, 3.8) is 0 Å². The molecule has 0 saturated carbocycles. The molecule has 0 bridgehead atoms. The Balaban J connectivity index is 2.72. The maximum Gasteiger partial charge on any atom is 0.271 e. The van der Waals surface area contributed by atoms with Crippen LogP contribution in [0.4, 0.5) is 4.39 Å². The second-order valence-electron chi connectivity index (χ2n) is 2.34. The van der Waals surface area contributed by atoms with Crippen LogP contribution in [0.15, 0.2) is 29.4 Å². The first-order valence-corrected chi connectivity index (χ1v) is 3.77. The summed E-state index contributed by atoms with van der Waals surface area (Å²) < 4.78 is 12.4. The molecule has 1 amide bonds. The molecule has 0 fully saturated rings. The van der Waals surface area contributed by atoms with Crippen molar-refractivity contribution in [1.29, 1.82) is 0 Å². The summed E-state index contributed by atoms with van der Waals surface area (Å²) >= 11 is 0. The van der Waals surface area contributed by atoms with Crippen molar-refractivity contribution in [2.24, 2.45) is 5.10 Å². The number of hydrazone groups is 1. The summed E-state index contributed by atoms with van der Waals surface area (Å²) in [6, 6.07) is 5.25. The van der Waals surface area contributed by atoms with E-state index in [1.165, 1.54) is 30.5 Å². The van der Waals surface area contributed by atoms with Crippen molar-refractivity contribution in [2.75, 3.05) is 0 Å². The van der Waals surface area contributed by atoms with Crippen molar-refractivity contribution in [3.8, 4) is 0 Å². The maximum atomic E-state index is 12.4. The number of amides is 1. The molecule has 0 saturated heterocycles. The maximum absolute atomic E-state index is 12.4. The molecule has 68 valence electrons. The third-order valence-corrected chi connectivity index (χ3v) is 1.40. The minimum Gasteiger partial charge on any atom is -0.267 e. The first-order valence-electron chi connectivity index (χ1n) is 3.77. The number of nitrogens with zero attached hydrogens (tertiary/aromatic N) is 1. The first kappa shape index (κ1) is 9.38. The highest BCUT2D eigenvalue weighted by molar-refractivity contribution is 5.94. The molecule has 0 heterocycles. The van der Waals surface area contributed by atoms with Crippen LogP contribution in [-0.2, 0) is 0 Å². The van der Waals surface area contributed by atoms with E-state index in [0.717, 1.165) is 0 Å². The summed E-state index contributed by atoms with van der Waals surface area (Å²) in [6.07, 6.45) is 1.46. The van der Waals surface area contributed by atoms with Crippen molar-refractivity contribution < 1.29 is 9.18 Å². The van der Waals surface area contributed by atoms with Gasteiger partial charge in [-0.05, 0) is 31.2 Å². The standard InChI is InChI=1S/C9H9FN2O/c1-2-11-12-9(13)7-3-5-8(10)6-4-7/h2-6H,1H3,(H,12,13)/b11-2-. The Labute approximate surface area is 75.3 Å². The molecule has 0 aliphatic heterocycles. The van der Waals surface area contributed by atoms with Gasteiger partial charge in [-0.25, -0.2) is 9.82 Å². The van der Waals surface area contributed by atoms with E-state index in [2.05, 4.69) is 10.5 Å². The molecule has 0 radical (unpaired) electrons. The summed E-state index contributed by atoms with van der Waals surface area (Å²) in [6.45, 7) is 1.69. The van der Waals surface area contributed by atoms with Gasteiger partial charge in [0, 0.05) is 11.8 Å². The zero-order chi connectivity index (χ0) is 9.68. The lowest BCUT2D eigenvalue weighted by Gasteiger charge is -1.98. The number of nitrogens with one attached hydrogen (secondary N) is 1. The molecule has 3 nitrogen and oxygen atoms in total. The van der Waals surface area contributed by atoms with E-state index in [4.69, 9.17) is 0 Å². The molecule has 1 aromatic carbocycles. The average Bonchev–Trinajstić information content (AvgIpc) is 2.15. The van der Waals surface area contributed by atoms with E-state index in [0.29, 0.717) is 5.56 Å². The van der Waals surface area contributed by atoms with Crippen molar-refractivity contribution in [2.45, 2.75) is 6.92 Å². The highest BCUT2D eigenvalue weighted by Gasteiger charge is 2.02. The fraction of sp³-hybridized carbons (Fsp3) is 0.111. The molecular weight excluding hydrogens is 171 g/mol. The Morgan fingerprint density at radius 2 is 2.08 bits per heavy atom. The van der Waals surface area contributed by atoms with E-state index in [9.17, 15) is 9.18 Å². The molecule has 0 unspecified atom stereocenters. The molecule has 0 spiro atoms. The number of carbonyl (C=O) groups is 1. The van der Waals surface area contributed by atoms with Crippen LogP contribution < -0.4 is 5.43 Å². The molecular formula is C9H9FN2O. The second kappa shape index (κ2) is 4.35. The topological polar surface area (TPSA) is 41.5 Å². The number of benzene rings is 1. The summed E-state index contributed by atoms with van der Waals surface area (Å²) in [7, 11) is 0. The molecule has 0 atom stereocenters. The van der Waals surface area contributed by atoms with Crippen LogP contribution in [0.25, 0.3) is 0 Å². The van der Waals surface area contributed by atoms with Crippen LogP contribution in [0, 0.1) is 5.82 Å². The van der Waals surface area contributed by atoms with Gasteiger partial charge in [0.1, 0.15) is 5.82 Å². The van der Waals surface area contributed by atoms with Gasteiger partial charge >= 0.3 is 0 Å². The molecule has 4 heteroatoms. The summed E-state index contributed by atoms with van der Waals surface area (Å²) in [5.41, 5.74) is 2.66. The van der Waals surface area contributed by atoms with Gasteiger partial charge in [-0.2, -0.15) is 5.10 Å². The van der Waals surface area contributed by atoms with Crippen LogP contribution in [0.3, 0.4) is 0 Å². The van der Waals surface area contributed by atoms with Gasteiger partial charge in [-0.1, -0.05) is 0 Å². The largest absolute Gasteiger partial charge is 0.271 e. The van der Waals surface area contributed by atoms with Gasteiger partial charge in [-0.3, -0.25) is 4.79 Å². The normalized spacial score (nSPS) is 10.3. The van der Waals surface area contributed by atoms with Crippen LogP contribution >= 0.6 is 0 Å². The van der Waals surface area contributed by atoms with Gasteiger partial charge in [0.05, 0.1) is 0 Å². The minimum absolute atomic E-state index is 0.349.